The topological polar surface area (TPSA) is 56.1 Å². The van der Waals surface area contributed by atoms with Crippen LogP contribution in [0.5, 0.6) is 0 Å². The molecule has 1 N–H and O–H groups in total. The maximum absolute atomic E-state index is 12.2. The van der Waals surface area contributed by atoms with Crippen molar-refractivity contribution in [3.63, 3.8) is 0 Å². The highest BCUT2D eigenvalue weighted by atomic mass is 35.5. The Morgan fingerprint density at radius 1 is 1.45 bits per heavy atom. The number of hydrogen-bond donors (Lipinski definition) is 1. The fourth-order valence-electron chi connectivity index (χ4n) is 2.55. The van der Waals surface area contributed by atoms with Crippen LogP contribution in [0.2, 0.25) is 5.02 Å². The van der Waals surface area contributed by atoms with E-state index in [0.29, 0.717) is 22.8 Å². The molecule has 4 nitrogen and oxygen atoms in total. The summed E-state index contributed by atoms with van der Waals surface area (Å²) >= 11 is 7.70. The van der Waals surface area contributed by atoms with E-state index in [0.717, 1.165) is 19.5 Å². The number of anilines is 1. The van der Waals surface area contributed by atoms with E-state index < -0.39 is 0 Å². The Balaban J connectivity index is 1.64. The highest BCUT2D eigenvalue weighted by Gasteiger charge is 2.19. The van der Waals surface area contributed by atoms with E-state index in [2.05, 4.69) is 27.7 Å². The third-order valence-corrected chi connectivity index (χ3v) is 4.89. The lowest BCUT2D eigenvalue weighted by Gasteiger charge is -2.26. The summed E-state index contributed by atoms with van der Waals surface area (Å²) in [4.78, 5) is 15.7. The van der Waals surface area contributed by atoms with E-state index in [1.54, 1.807) is 29.5 Å². The molecule has 0 unspecified atom stereocenters. The first-order valence-corrected chi connectivity index (χ1v) is 8.18. The first kappa shape index (κ1) is 15.0. The van der Waals surface area contributed by atoms with Gasteiger partial charge in [0, 0.05) is 23.0 Å². The molecule has 0 fully saturated rings. The minimum atomic E-state index is -0.127. The molecule has 1 amide bonds. The van der Waals surface area contributed by atoms with Gasteiger partial charge in [0.1, 0.15) is 6.07 Å². The van der Waals surface area contributed by atoms with Crippen LogP contribution in [0.4, 0.5) is 5.69 Å². The lowest BCUT2D eigenvalue weighted by molar-refractivity contribution is -0.117. The highest BCUT2D eigenvalue weighted by molar-refractivity contribution is 7.10. The zero-order valence-electron chi connectivity index (χ0n) is 11.8. The van der Waals surface area contributed by atoms with Crippen molar-refractivity contribution >= 4 is 34.5 Å². The summed E-state index contributed by atoms with van der Waals surface area (Å²) in [6, 6.07) is 9.02. The summed E-state index contributed by atoms with van der Waals surface area (Å²) in [6.07, 6.45) is 0.987. The van der Waals surface area contributed by atoms with Crippen LogP contribution in [0.1, 0.15) is 16.0 Å². The number of thiophene rings is 1. The van der Waals surface area contributed by atoms with Crippen LogP contribution in [0.3, 0.4) is 0 Å². The van der Waals surface area contributed by atoms with Crippen LogP contribution in [-0.4, -0.2) is 23.9 Å². The summed E-state index contributed by atoms with van der Waals surface area (Å²) in [6.45, 7) is 1.99. The van der Waals surface area contributed by atoms with Gasteiger partial charge in [0.25, 0.3) is 0 Å². The first-order valence-electron chi connectivity index (χ1n) is 6.93. The van der Waals surface area contributed by atoms with Crippen molar-refractivity contribution in [3.8, 4) is 6.07 Å². The van der Waals surface area contributed by atoms with Gasteiger partial charge >= 0.3 is 0 Å². The number of hydrogen-bond acceptors (Lipinski definition) is 4. The molecule has 1 aromatic carbocycles. The van der Waals surface area contributed by atoms with Crippen molar-refractivity contribution in [2.75, 3.05) is 18.4 Å². The van der Waals surface area contributed by atoms with E-state index in [1.807, 2.05) is 0 Å². The Kier molecular flexibility index (Phi) is 4.44. The SMILES string of the molecule is N#Cc1ccc(Cl)cc1NC(=O)CN1CCc2sccc2C1. The van der Waals surface area contributed by atoms with Gasteiger partial charge < -0.3 is 5.32 Å². The van der Waals surface area contributed by atoms with Crippen LogP contribution in [-0.2, 0) is 17.8 Å². The zero-order chi connectivity index (χ0) is 15.5. The fourth-order valence-corrected chi connectivity index (χ4v) is 3.61. The Morgan fingerprint density at radius 3 is 3.14 bits per heavy atom. The summed E-state index contributed by atoms with van der Waals surface area (Å²) < 4.78 is 0. The number of carbonyl (C=O) groups excluding carboxylic acids is 1. The molecule has 0 saturated carbocycles. The van der Waals surface area contributed by atoms with Gasteiger partial charge in [0.2, 0.25) is 5.91 Å². The Bertz CT molecular complexity index is 750. The van der Waals surface area contributed by atoms with Gasteiger partial charge in [0.05, 0.1) is 17.8 Å². The van der Waals surface area contributed by atoms with Gasteiger partial charge in [-0.15, -0.1) is 11.3 Å². The van der Waals surface area contributed by atoms with E-state index in [1.165, 1.54) is 10.4 Å². The van der Waals surface area contributed by atoms with Crippen molar-refractivity contribution in [1.29, 1.82) is 5.26 Å². The average molecular weight is 332 g/mol. The molecule has 6 heteroatoms. The molecule has 112 valence electrons. The zero-order valence-corrected chi connectivity index (χ0v) is 13.4. The normalized spacial score (nSPS) is 14.2. The van der Waals surface area contributed by atoms with Crippen molar-refractivity contribution in [3.05, 3.63) is 50.7 Å². The second-order valence-corrected chi connectivity index (χ2v) is 6.62. The molecular weight excluding hydrogens is 318 g/mol. The van der Waals surface area contributed by atoms with Gasteiger partial charge in [0.15, 0.2) is 0 Å². The van der Waals surface area contributed by atoms with Gasteiger partial charge in [-0.25, -0.2) is 0 Å². The molecule has 0 aliphatic carbocycles. The Morgan fingerprint density at radius 2 is 2.32 bits per heavy atom. The Labute approximate surface area is 137 Å². The molecule has 0 spiro atoms. The molecule has 0 bridgehead atoms. The van der Waals surface area contributed by atoms with Crippen LogP contribution >= 0.6 is 22.9 Å². The average Bonchev–Trinajstić information content (AvgIpc) is 2.95. The standard InChI is InChI=1S/C16H14ClN3OS/c17-13-2-1-11(8-18)14(7-13)19-16(21)10-20-5-3-15-12(9-20)4-6-22-15/h1-2,4,6-7H,3,5,9-10H2,(H,19,21). The molecule has 1 aliphatic heterocycles. The monoisotopic (exact) mass is 331 g/mol. The lowest BCUT2D eigenvalue weighted by Crippen LogP contribution is -2.36. The molecule has 2 aromatic rings. The summed E-state index contributed by atoms with van der Waals surface area (Å²) in [5.41, 5.74) is 2.19. The number of nitriles is 1. The van der Waals surface area contributed by atoms with Crippen LogP contribution < -0.4 is 5.32 Å². The third-order valence-electron chi connectivity index (χ3n) is 3.63. The lowest BCUT2D eigenvalue weighted by atomic mass is 10.1. The second-order valence-electron chi connectivity index (χ2n) is 5.18. The molecule has 2 heterocycles. The number of benzene rings is 1. The van der Waals surface area contributed by atoms with Gasteiger partial charge in [-0.05, 0) is 41.6 Å². The smallest absolute Gasteiger partial charge is 0.238 e. The van der Waals surface area contributed by atoms with E-state index in [9.17, 15) is 4.79 Å². The molecule has 3 rings (SSSR count). The number of nitrogens with zero attached hydrogens (tertiary/aromatic N) is 2. The fraction of sp³-hybridized carbons (Fsp3) is 0.250. The largest absolute Gasteiger partial charge is 0.324 e. The van der Waals surface area contributed by atoms with E-state index in [4.69, 9.17) is 16.9 Å². The second kappa shape index (κ2) is 6.49. The molecule has 0 atom stereocenters. The first-order chi connectivity index (χ1) is 10.7. The van der Waals surface area contributed by atoms with Gasteiger partial charge in [-0.2, -0.15) is 5.26 Å². The van der Waals surface area contributed by atoms with Gasteiger partial charge in [-0.1, -0.05) is 11.6 Å². The number of amides is 1. The molecule has 22 heavy (non-hydrogen) atoms. The van der Waals surface area contributed by atoms with E-state index in [-0.39, 0.29) is 5.91 Å². The molecule has 0 radical (unpaired) electrons. The number of nitrogens with one attached hydrogen (secondary N) is 1. The molecular formula is C16H14ClN3OS. The number of fused-ring (bicyclic) bond motifs is 1. The summed E-state index contributed by atoms with van der Waals surface area (Å²) in [7, 11) is 0. The predicted molar refractivity (Wildman–Crippen MR) is 88.1 cm³/mol. The number of carbonyl (C=O) groups is 1. The highest BCUT2D eigenvalue weighted by Crippen LogP contribution is 2.24. The van der Waals surface area contributed by atoms with Crippen molar-refractivity contribution in [2.45, 2.75) is 13.0 Å². The minimum absolute atomic E-state index is 0.127. The summed E-state index contributed by atoms with van der Waals surface area (Å²) in [5.74, 6) is -0.127. The minimum Gasteiger partial charge on any atom is -0.324 e. The molecule has 1 aliphatic rings. The maximum Gasteiger partial charge on any atom is 0.238 e. The number of halogens is 1. The van der Waals surface area contributed by atoms with Crippen LogP contribution in [0.25, 0.3) is 0 Å². The van der Waals surface area contributed by atoms with E-state index >= 15 is 0 Å². The van der Waals surface area contributed by atoms with Crippen molar-refractivity contribution in [2.24, 2.45) is 0 Å². The van der Waals surface area contributed by atoms with Crippen LogP contribution in [0, 0.1) is 11.3 Å². The van der Waals surface area contributed by atoms with Gasteiger partial charge in [-0.3, -0.25) is 9.69 Å². The van der Waals surface area contributed by atoms with Crippen LogP contribution in [0.15, 0.2) is 29.6 Å². The number of rotatable bonds is 3. The molecule has 0 saturated heterocycles. The van der Waals surface area contributed by atoms with Crippen molar-refractivity contribution in [1.82, 2.24) is 4.90 Å². The maximum atomic E-state index is 12.2. The third kappa shape index (κ3) is 3.30. The predicted octanol–water partition coefficient (Wildman–Crippen LogP) is 3.27. The summed E-state index contributed by atoms with van der Waals surface area (Å²) in [5, 5.41) is 14.5. The Hall–Kier alpha value is -1.87. The van der Waals surface area contributed by atoms with Crippen molar-refractivity contribution < 1.29 is 4.79 Å². The quantitative estimate of drug-likeness (QED) is 0.939. The molecule has 1 aromatic heterocycles.